The van der Waals surface area contributed by atoms with Crippen LogP contribution in [0, 0.1) is 5.92 Å². The number of benzene rings is 2. The predicted octanol–water partition coefficient (Wildman–Crippen LogP) is 2.73. The summed E-state index contributed by atoms with van der Waals surface area (Å²) in [5.41, 5.74) is 1.43. The molecule has 2 aliphatic rings. The Morgan fingerprint density at radius 3 is 2.24 bits per heavy atom. The van der Waals surface area contributed by atoms with Crippen molar-refractivity contribution in [1.29, 1.82) is 0 Å². The lowest BCUT2D eigenvalue weighted by Gasteiger charge is -2.42. The fourth-order valence-electron chi connectivity index (χ4n) is 5.57. The number of ether oxygens (including phenoxy) is 6. The van der Waals surface area contributed by atoms with Crippen LogP contribution in [0.25, 0.3) is 0 Å². The van der Waals surface area contributed by atoms with Crippen LogP contribution in [0.3, 0.4) is 0 Å². The lowest BCUT2D eigenvalue weighted by Crippen LogP contribution is -2.56. The number of fused-ring (bicyclic) bond motifs is 1. The SMILES string of the molecule is CC(=O)O[C@H]1[C@H](C)[C@H](OCC(=O)c2ccc(OCCNC(=O)C3Oc4ccccc4C3CN(C)C)cc2)O[C@@H](C)[C@H]1OC(C)=O. The van der Waals surface area contributed by atoms with Crippen LogP contribution in [0.15, 0.2) is 48.5 Å². The zero-order valence-corrected chi connectivity index (χ0v) is 26.5. The van der Waals surface area contributed by atoms with Crippen molar-refractivity contribution in [1.82, 2.24) is 10.2 Å². The molecule has 244 valence electrons. The third-order valence-electron chi connectivity index (χ3n) is 7.67. The highest BCUT2D eigenvalue weighted by atomic mass is 16.7. The number of carbonyl (C=O) groups is 4. The van der Waals surface area contributed by atoms with Gasteiger partial charge in [-0.05, 0) is 51.4 Å². The van der Waals surface area contributed by atoms with Gasteiger partial charge in [-0.25, -0.2) is 0 Å². The Hall–Kier alpha value is -4.00. The van der Waals surface area contributed by atoms with Gasteiger partial charge >= 0.3 is 11.9 Å². The minimum atomic E-state index is -0.861. The van der Waals surface area contributed by atoms with E-state index >= 15 is 0 Å². The summed E-state index contributed by atoms with van der Waals surface area (Å²) in [6, 6.07) is 14.3. The Labute approximate surface area is 263 Å². The first-order valence-corrected chi connectivity index (χ1v) is 15.0. The summed E-state index contributed by atoms with van der Waals surface area (Å²) < 4.78 is 34.2. The fraction of sp³-hybridized carbons (Fsp3) is 0.515. The second kappa shape index (κ2) is 15.3. The van der Waals surface area contributed by atoms with Crippen molar-refractivity contribution in [2.24, 2.45) is 5.92 Å². The zero-order chi connectivity index (χ0) is 32.7. The Balaban J connectivity index is 1.23. The van der Waals surface area contributed by atoms with Crippen LogP contribution in [0.2, 0.25) is 0 Å². The maximum Gasteiger partial charge on any atom is 0.303 e. The maximum absolute atomic E-state index is 13.0. The molecule has 0 spiro atoms. The summed E-state index contributed by atoms with van der Waals surface area (Å²) >= 11 is 0. The summed E-state index contributed by atoms with van der Waals surface area (Å²) in [6.07, 6.45) is -3.70. The highest BCUT2D eigenvalue weighted by Gasteiger charge is 2.47. The van der Waals surface area contributed by atoms with Gasteiger partial charge in [-0.3, -0.25) is 19.2 Å². The van der Waals surface area contributed by atoms with Crippen molar-refractivity contribution in [3.63, 3.8) is 0 Å². The molecule has 45 heavy (non-hydrogen) atoms. The number of ketones is 1. The molecule has 0 aliphatic carbocycles. The Kier molecular flexibility index (Phi) is 11.5. The van der Waals surface area contributed by atoms with Gasteiger partial charge in [0.2, 0.25) is 0 Å². The van der Waals surface area contributed by atoms with Gasteiger partial charge in [-0.15, -0.1) is 0 Å². The molecule has 1 saturated heterocycles. The molecular formula is C33H42N2O10. The summed E-state index contributed by atoms with van der Waals surface area (Å²) in [6.45, 7) is 6.87. The Bertz CT molecular complexity index is 1350. The molecule has 12 heteroatoms. The second-order valence-electron chi connectivity index (χ2n) is 11.6. The van der Waals surface area contributed by atoms with E-state index < -0.39 is 48.6 Å². The number of nitrogens with zero attached hydrogens (tertiary/aromatic N) is 1. The van der Waals surface area contributed by atoms with E-state index in [4.69, 9.17) is 28.4 Å². The molecule has 0 aromatic heterocycles. The molecule has 0 bridgehead atoms. The number of nitrogens with one attached hydrogen (secondary N) is 1. The number of Topliss-reactive ketones (excluding diaryl/α,β-unsaturated/α-hetero) is 1. The fourth-order valence-corrected chi connectivity index (χ4v) is 5.57. The van der Waals surface area contributed by atoms with Gasteiger partial charge in [-0.2, -0.15) is 0 Å². The van der Waals surface area contributed by atoms with Crippen LogP contribution in [0.1, 0.15) is 49.5 Å². The molecule has 0 radical (unpaired) electrons. The van der Waals surface area contributed by atoms with E-state index in [9.17, 15) is 19.2 Å². The summed E-state index contributed by atoms with van der Waals surface area (Å²) in [5, 5.41) is 2.90. The second-order valence-corrected chi connectivity index (χ2v) is 11.6. The van der Waals surface area contributed by atoms with Crippen molar-refractivity contribution in [2.75, 3.05) is 40.4 Å². The first-order valence-electron chi connectivity index (χ1n) is 15.0. The lowest BCUT2D eigenvalue weighted by atomic mass is 9.92. The van der Waals surface area contributed by atoms with E-state index in [2.05, 4.69) is 5.32 Å². The van der Waals surface area contributed by atoms with Crippen molar-refractivity contribution in [2.45, 2.75) is 64.3 Å². The number of amides is 1. The molecule has 2 aromatic rings. The zero-order valence-electron chi connectivity index (χ0n) is 26.5. The van der Waals surface area contributed by atoms with Crippen molar-refractivity contribution < 1.29 is 47.6 Å². The van der Waals surface area contributed by atoms with Crippen molar-refractivity contribution >= 4 is 23.6 Å². The van der Waals surface area contributed by atoms with Gasteiger partial charge in [0.1, 0.15) is 30.8 Å². The monoisotopic (exact) mass is 626 g/mol. The molecule has 1 amide bonds. The van der Waals surface area contributed by atoms with E-state index in [1.54, 1.807) is 38.1 Å². The van der Waals surface area contributed by atoms with Crippen LogP contribution in [-0.4, -0.2) is 99.6 Å². The predicted molar refractivity (Wildman–Crippen MR) is 162 cm³/mol. The lowest BCUT2D eigenvalue weighted by molar-refractivity contribution is -0.276. The van der Waals surface area contributed by atoms with Gasteiger partial charge in [0.05, 0.1) is 12.6 Å². The van der Waals surface area contributed by atoms with E-state index in [0.29, 0.717) is 17.9 Å². The molecular weight excluding hydrogens is 584 g/mol. The van der Waals surface area contributed by atoms with Crippen LogP contribution in [0.4, 0.5) is 0 Å². The Morgan fingerprint density at radius 1 is 0.911 bits per heavy atom. The standard InChI is InChI=1S/C33H42N2O10/c1-19-29(43-21(3)36)30(44-22(4)37)20(2)42-33(19)41-18-27(38)23-11-13-24(14-12-23)40-16-15-34-32(39)31-26(17-35(5)6)25-9-7-8-10-28(25)45-31/h7-14,19-20,26,29-31,33H,15-18H2,1-6H3,(H,34,39)/t19-,20-,26?,29-,30+,31?,33+/m0/s1. The van der Waals surface area contributed by atoms with Crippen molar-refractivity contribution in [3.05, 3.63) is 59.7 Å². The summed E-state index contributed by atoms with van der Waals surface area (Å²) in [7, 11) is 3.93. The first kappa shape index (κ1) is 33.9. The largest absolute Gasteiger partial charge is 0.492 e. The van der Waals surface area contributed by atoms with Gasteiger partial charge in [0, 0.05) is 43.4 Å². The van der Waals surface area contributed by atoms with E-state index in [-0.39, 0.29) is 37.4 Å². The minimum absolute atomic E-state index is 0.0737. The minimum Gasteiger partial charge on any atom is -0.492 e. The molecule has 2 aliphatic heterocycles. The quantitative estimate of drug-likeness (QED) is 0.200. The molecule has 1 N–H and O–H groups in total. The molecule has 0 saturated carbocycles. The van der Waals surface area contributed by atoms with Gasteiger partial charge in [0.25, 0.3) is 5.91 Å². The molecule has 12 nitrogen and oxygen atoms in total. The third-order valence-corrected chi connectivity index (χ3v) is 7.67. The normalized spacial score (nSPS) is 25.5. The Morgan fingerprint density at radius 2 is 1.58 bits per heavy atom. The smallest absolute Gasteiger partial charge is 0.303 e. The molecule has 1 fully saturated rings. The molecule has 2 heterocycles. The van der Waals surface area contributed by atoms with E-state index in [1.807, 2.05) is 43.3 Å². The van der Waals surface area contributed by atoms with Crippen LogP contribution in [0.5, 0.6) is 11.5 Å². The van der Waals surface area contributed by atoms with Crippen LogP contribution < -0.4 is 14.8 Å². The summed E-state index contributed by atoms with van der Waals surface area (Å²) in [5.74, 6) is -0.845. The van der Waals surface area contributed by atoms with Crippen LogP contribution >= 0.6 is 0 Å². The number of carbonyl (C=O) groups excluding carboxylic acids is 4. The molecule has 2 aromatic carbocycles. The number of para-hydroxylation sites is 1. The molecule has 2 unspecified atom stereocenters. The van der Waals surface area contributed by atoms with Crippen LogP contribution in [-0.2, 0) is 33.3 Å². The molecule has 7 atom stereocenters. The number of rotatable bonds is 13. The van der Waals surface area contributed by atoms with Crippen molar-refractivity contribution in [3.8, 4) is 11.5 Å². The maximum atomic E-state index is 13.0. The number of hydrogen-bond acceptors (Lipinski definition) is 11. The van der Waals surface area contributed by atoms with Gasteiger partial charge < -0.3 is 38.6 Å². The molecule has 4 rings (SSSR count). The third kappa shape index (κ3) is 8.80. The van der Waals surface area contributed by atoms with Gasteiger partial charge in [0.15, 0.2) is 24.3 Å². The topological polar surface area (TPSA) is 139 Å². The number of likely N-dealkylation sites (N-methyl/N-ethyl adjacent to an activating group) is 1. The average Bonchev–Trinajstić information content (AvgIpc) is 3.35. The average molecular weight is 627 g/mol. The number of hydrogen-bond donors (Lipinski definition) is 1. The highest BCUT2D eigenvalue weighted by molar-refractivity contribution is 5.97. The van der Waals surface area contributed by atoms with E-state index in [0.717, 1.165) is 11.3 Å². The van der Waals surface area contributed by atoms with Gasteiger partial charge in [-0.1, -0.05) is 25.1 Å². The number of esters is 2. The first-order chi connectivity index (χ1) is 21.4. The highest BCUT2D eigenvalue weighted by Crippen LogP contribution is 2.38. The van der Waals surface area contributed by atoms with E-state index in [1.165, 1.54) is 13.8 Å². The summed E-state index contributed by atoms with van der Waals surface area (Å²) in [4.78, 5) is 51.1.